The van der Waals surface area contributed by atoms with E-state index in [1.165, 1.54) is 6.07 Å². The molecule has 0 fully saturated rings. The first-order valence-corrected chi connectivity index (χ1v) is 13.1. The summed E-state index contributed by atoms with van der Waals surface area (Å²) in [5.41, 5.74) is 2.04. The number of amides is 2. The fourth-order valence-corrected chi connectivity index (χ4v) is 5.26. The number of carbonyl (C=O) groups excluding carboxylic acids is 2. The van der Waals surface area contributed by atoms with Crippen LogP contribution in [0.2, 0.25) is 0 Å². The molecule has 0 aliphatic carbocycles. The molecule has 9 heteroatoms. The van der Waals surface area contributed by atoms with Crippen molar-refractivity contribution in [3.05, 3.63) is 48.0 Å². The predicted octanol–water partition coefficient (Wildman–Crippen LogP) is 3.72. The highest BCUT2D eigenvalue weighted by molar-refractivity contribution is 7.89. The van der Waals surface area contributed by atoms with E-state index >= 15 is 0 Å². The molecule has 0 saturated heterocycles. The average molecular weight is 488 g/mol. The largest absolute Gasteiger partial charge is 0.492 e. The number of ether oxygens (including phenoxy) is 1. The van der Waals surface area contributed by atoms with Crippen molar-refractivity contribution in [3.8, 4) is 5.75 Å². The van der Waals surface area contributed by atoms with E-state index in [-0.39, 0.29) is 16.7 Å². The van der Waals surface area contributed by atoms with Crippen LogP contribution in [0.4, 0.5) is 11.4 Å². The summed E-state index contributed by atoms with van der Waals surface area (Å²) in [6.07, 6.45) is 1.31. The fourth-order valence-electron chi connectivity index (χ4n) is 4.00. The summed E-state index contributed by atoms with van der Waals surface area (Å²) in [5, 5.41) is 2.81. The highest BCUT2D eigenvalue weighted by Crippen LogP contribution is 2.31. The lowest BCUT2D eigenvalue weighted by Crippen LogP contribution is -2.44. The van der Waals surface area contributed by atoms with Gasteiger partial charge in [-0.2, -0.15) is 4.72 Å². The molecule has 0 saturated carbocycles. The van der Waals surface area contributed by atoms with Gasteiger partial charge in [0.2, 0.25) is 21.8 Å². The van der Waals surface area contributed by atoms with Crippen LogP contribution in [0.3, 0.4) is 0 Å². The van der Waals surface area contributed by atoms with E-state index in [0.717, 1.165) is 11.3 Å². The van der Waals surface area contributed by atoms with Gasteiger partial charge in [-0.3, -0.25) is 9.59 Å². The fraction of sp³-hybridized carbons (Fsp3) is 0.440. The van der Waals surface area contributed by atoms with Gasteiger partial charge >= 0.3 is 0 Å². The van der Waals surface area contributed by atoms with E-state index in [2.05, 4.69) is 10.0 Å². The first kappa shape index (κ1) is 25.7. The highest BCUT2D eigenvalue weighted by Gasteiger charge is 2.29. The summed E-state index contributed by atoms with van der Waals surface area (Å²) >= 11 is 0. The van der Waals surface area contributed by atoms with Crippen LogP contribution in [-0.2, 0) is 26.0 Å². The first-order chi connectivity index (χ1) is 16.2. The van der Waals surface area contributed by atoms with Crippen molar-refractivity contribution in [3.63, 3.8) is 0 Å². The third-order valence-electron chi connectivity index (χ3n) is 5.63. The van der Waals surface area contributed by atoms with Crippen molar-refractivity contribution in [1.82, 2.24) is 4.72 Å². The van der Waals surface area contributed by atoms with Crippen molar-refractivity contribution in [2.24, 2.45) is 5.92 Å². The predicted molar refractivity (Wildman–Crippen MR) is 133 cm³/mol. The van der Waals surface area contributed by atoms with Crippen LogP contribution < -0.4 is 19.7 Å². The van der Waals surface area contributed by atoms with Crippen molar-refractivity contribution < 1.29 is 22.7 Å². The average Bonchev–Trinajstić information content (AvgIpc) is 3.22. The number of nitrogens with zero attached hydrogens (tertiary/aromatic N) is 1. The van der Waals surface area contributed by atoms with Gasteiger partial charge < -0.3 is 15.0 Å². The molecule has 1 heterocycles. The minimum atomic E-state index is -3.97. The van der Waals surface area contributed by atoms with Gasteiger partial charge in [0, 0.05) is 18.7 Å². The Kier molecular flexibility index (Phi) is 8.33. The van der Waals surface area contributed by atoms with Crippen LogP contribution in [0.5, 0.6) is 5.75 Å². The molecule has 1 atom stereocenters. The molecule has 0 bridgehead atoms. The monoisotopic (exact) mass is 487 g/mol. The Balaban J connectivity index is 1.82. The zero-order chi connectivity index (χ0) is 24.9. The Bertz CT molecular complexity index is 1150. The molecule has 34 heavy (non-hydrogen) atoms. The van der Waals surface area contributed by atoms with Crippen molar-refractivity contribution in [1.29, 1.82) is 0 Å². The summed E-state index contributed by atoms with van der Waals surface area (Å²) in [4.78, 5) is 27.0. The van der Waals surface area contributed by atoms with Crippen molar-refractivity contribution in [2.75, 3.05) is 23.4 Å². The molecule has 1 aliphatic heterocycles. The second kappa shape index (κ2) is 11.0. The maximum Gasteiger partial charge on any atom is 0.242 e. The summed E-state index contributed by atoms with van der Waals surface area (Å²) in [7, 11) is -3.97. The van der Waals surface area contributed by atoms with Gasteiger partial charge in [-0.15, -0.1) is 0 Å². The number of nitrogens with one attached hydrogen (secondary N) is 2. The quantitative estimate of drug-likeness (QED) is 0.532. The molecule has 0 unspecified atom stereocenters. The standard InChI is InChI=1S/C25H33N3O5S/c1-5-24(29)28-14-13-18-16-19(11-12-22(18)28)34(31,32)27-21(15-17(3)4)25(30)26-20-9-7-8-10-23(20)33-6-2/h7-12,16-17,21,27H,5-6,13-15H2,1-4H3,(H,26,30)/t21-/m0/s1. The molecule has 1 aliphatic rings. The lowest BCUT2D eigenvalue weighted by Gasteiger charge is -2.21. The second-order valence-corrected chi connectivity index (χ2v) is 10.4. The minimum absolute atomic E-state index is 0.00786. The molecule has 184 valence electrons. The van der Waals surface area contributed by atoms with E-state index < -0.39 is 22.0 Å². The van der Waals surface area contributed by atoms with E-state index in [4.69, 9.17) is 4.74 Å². The molecule has 2 aromatic rings. The molecule has 2 aromatic carbocycles. The third-order valence-corrected chi connectivity index (χ3v) is 7.10. The third kappa shape index (κ3) is 5.95. The molecule has 2 N–H and O–H groups in total. The van der Waals surface area contributed by atoms with E-state index in [1.807, 2.05) is 20.8 Å². The number of sulfonamides is 1. The number of benzene rings is 2. The Hall–Kier alpha value is -2.91. The number of carbonyl (C=O) groups is 2. The Morgan fingerprint density at radius 2 is 1.85 bits per heavy atom. The van der Waals surface area contributed by atoms with Crippen LogP contribution in [0.25, 0.3) is 0 Å². The van der Waals surface area contributed by atoms with Gasteiger partial charge in [0.1, 0.15) is 11.8 Å². The number of anilines is 2. The van der Waals surface area contributed by atoms with E-state index in [1.54, 1.807) is 48.2 Å². The van der Waals surface area contributed by atoms with Crippen LogP contribution in [0.1, 0.15) is 46.1 Å². The summed E-state index contributed by atoms with van der Waals surface area (Å²) in [6.45, 7) is 8.48. The number of fused-ring (bicyclic) bond motifs is 1. The molecule has 3 rings (SSSR count). The minimum Gasteiger partial charge on any atom is -0.492 e. The van der Waals surface area contributed by atoms with Crippen LogP contribution >= 0.6 is 0 Å². The number of hydrogen-bond donors (Lipinski definition) is 2. The summed E-state index contributed by atoms with van der Waals surface area (Å²) in [5.74, 6) is 0.155. The molecular formula is C25H33N3O5S. The molecule has 0 spiro atoms. The van der Waals surface area contributed by atoms with E-state index in [9.17, 15) is 18.0 Å². The number of para-hydroxylation sites is 2. The topological polar surface area (TPSA) is 105 Å². The van der Waals surface area contributed by atoms with Crippen LogP contribution in [0.15, 0.2) is 47.4 Å². The van der Waals surface area contributed by atoms with Gasteiger partial charge in [-0.25, -0.2) is 8.42 Å². The van der Waals surface area contributed by atoms with Crippen LogP contribution in [0, 0.1) is 5.92 Å². The lowest BCUT2D eigenvalue weighted by atomic mass is 10.0. The molecule has 0 radical (unpaired) electrons. The second-order valence-electron chi connectivity index (χ2n) is 8.66. The zero-order valence-electron chi connectivity index (χ0n) is 20.1. The summed E-state index contributed by atoms with van der Waals surface area (Å²) in [6, 6.07) is 10.8. The van der Waals surface area contributed by atoms with Crippen molar-refractivity contribution in [2.45, 2.75) is 57.9 Å². The zero-order valence-corrected chi connectivity index (χ0v) is 20.9. The maximum atomic E-state index is 13.2. The Morgan fingerprint density at radius 3 is 2.53 bits per heavy atom. The summed E-state index contributed by atoms with van der Waals surface area (Å²) < 4.78 is 34.6. The maximum absolute atomic E-state index is 13.2. The molecule has 0 aromatic heterocycles. The van der Waals surface area contributed by atoms with Crippen LogP contribution in [-0.4, -0.2) is 39.4 Å². The smallest absolute Gasteiger partial charge is 0.242 e. The van der Waals surface area contributed by atoms with Gasteiger partial charge in [0.25, 0.3) is 0 Å². The van der Waals surface area contributed by atoms with Crippen molar-refractivity contribution >= 4 is 33.2 Å². The molecular weight excluding hydrogens is 454 g/mol. The molecule has 8 nitrogen and oxygen atoms in total. The van der Waals surface area contributed by atoms with Gasteiger partial charge in [0.15, 0.2) is 0 Å². The van der Waals surface area contributed by atoms with E-state index in [0.29, 0.717) is 43.9 Å². The number of rotatable bonds is 10. The Labute approximate surface area is 201 Å². The SMILES string of the molecule is CCOc1ccccc1NC(=O)[C@H](CC(C)C)NS(=O)(=O)c1ccc2c(c1)CCN2C(=O)CC. The lowest BCUT2D eigenvalue weighted by molar-refractivity contribution is -0.118. The first-order valence-electron chi connectivity index (χ1n) is 11.6. The normalized spacial score (nSPS) is 14.1. The Morgan fingerprint density at radius 1 is 1.12 bits per heavy atom. The molecule has 2 amide bonds. The van der Waals surface area contributed by atoms with Gasteiger partial charge in [-0.05, 0) is 61.6 Å². The van der Waals surface area contributed by atoms with Gasteiger partial charge in [-0.1, -0.05) is 32.9 Å². The van der Waals surface area contributed by atoms with Gasteiger partial charge in [0.05, 0.1) is 17.2 Å². The number of hydrogen-bond acceptors (Lipinski definition) is 5. The highest BCUT2D eigenvalue weighted by atomic mass is 32.2.